The van der Waals surface area contributed by atoms with Gasteiger partial charge in [-0.1, -0.05) is 18.2 Å². The first kappa shape index (κ1) is 9.85. The summed E-state index contributed by atoms with van der Waals surface area (Å²) in [5.41, 5.74) is 0.688. The van der Waals surface area contributed by atoms with Gasteiger partial charge in [0.05, 0.1) is 4.90 Å². The highest BCUT2D eigenvalue weighted by Gasteiger charge is 2.18. The van der Waals surface area contributed by atoms with Crippen molar-refractivity contribution in [2.75, 3.05) is 0 Å². The summed E-state index contributed by atoms with van der Waals surface area (Å²) in [7, 11) is -3.58. The van der Waals surface area contributed by atoms with E-state index in [1.165, 1.54) is 12.7 Å². The molecule has 0 aliphatic heterocycles. The van der Waals surface area contributed by atoms with Gasteiger partial charge in [0.15, 0.2) is 0 Å². The minimum absolute atomic E-state index is 0.246. The van der Waals surface area contributed by atoms with Gasteiger partial charge in [-0.3, -0.25) is 0 Å². The first-order chi connectivity index (χ1) is 7.12. The molecule has 2 aromatic rings. The Morgan fingerprint density at radius 1 is 1.27 bits per heavy atom. The van der Waals surface area contributed by atoms with Crippen LogP contribution in [0.2, 0.25) is 0 Å². The van der Waals surface area contributed by atoms with Crippen molar-refractivity contribution in [2.24, 2.45) is 0 Å². The van der Waals surface area contributed by atoms with Crippen molar-refractivity contribution in [3.8, 4) is 0 Å². The van der Waals surface area contributed by atoms with Crippen LogP contribution in [0.25, 0.3) is 0 Å². The number of hydrogen-bond donors (Lipinski definition) is 0. The maximum Gasteiger partial charge on any atom is 0.284 e. The minimum atomic E-state index is -3.58. The second-order valence-corrected chi connectivity index (χ2v) is 4.80. The smallest absolute Gasteiger partial charge is 0.222 e. The van der Waals surface area contributed by atoms with Crippen LogP contribution in [0.15, 0.2) is 41.8 Å². The molecule has 0 bridgehead atoms. The van der Waals surface area contributed by atoms with Crippen molar-refractivity contribution in [1.82, 2.24) is 14.2 Å². The van der Waals surface area contributed by atoms with E-state index in [2.05, 4.69) is 10.1 Å². The van der Waals surface area contributed by atoms with Crippen LogP contribution in [0.5, 0.6) is 0 Å². The summed E-state index contributed by atoms with van der Waals surface area (Å²) in [5.74, 6) is 0. The summed E-state index contributed by atoms with van der Waals surface area (Å²) in [6, 6.07) is 6.75. The molecule has 0 amide bonds. The van der Waals surface area contributed by atoms with Crippen LogP contribution in [0.4, 0.5) is 0 Å². The van der Waals surface area contributed by atoms with Gasteiger partial charge in [-0.25, -0.2) is 4.98 Å². The molecule has 0 atom stereocenters. The second kappa shape index (κ2) is 3.47. The molecule has 2 rings (SSSR count). The highest BCUT2D eigenvalue weighted by Crippen LogP contribution is 2.16. The van der Waals surface area contributed by atoms with Crippen molar-refractivity contribution < 1.29 is 8.42 Å². The Morgan fingerprint density at radius 3 is 2.60 bits per heavy atom. The SMILES string of the molecule is Cc1ccccc1S(=O)(=O)n1cncn1. The highest BCUT2D eigenvalue weighted by atomic mass is 32.2. The third kappa shape index (κ3) is 1.63. The first-order valence-electron chi connectivity index (χ1n) is 4.28. The fraction of sp³-hybridized carbons (Fsp3) is 0.111. The molecular formula is C9H9N3O2S. The van der Waals surface area contributed by atoms with Gasteiger partial charge in [-0.05, 0) is 18.6 Å². The van der Waals surface area contributed by atoms with Gasteiger partial charge in [0.25, 0.3) is 10.0 Å². The third-order valence-electron chi connectivity index (χ3n) is 2.02. The molecule has 6 heteroatoms. The molecule has 0 spiro atoms. The molecular weight excluding hydrogens is 214 g/mol. The molecule has 15 heavy (non-hydrogen) atoms. The maximum absolute atomic E-state index is 12.0. The molecule has 0 radical (unpaired) electrons. The van der Waals surface area contributed by atoms with E-state index in [0.717, 1.165) is 4.09 Å². The average Bonchev–Trinajstić information content (AvgIpc) is 2.71. The lowest BCUT2D eigenvalue weighted by molar-refractivity contribution is 0.579. The first-order valence-corrected chi connectivity index (χ1v) is 5.72. The Labute approximate surface area is 87.4 Å². The predicted octanol–water partition coefficient (Wildman–Crippen LogP) is 0.824. The van der Waals surface area contributed by atoms with Crippen molar-refractivity contribution >= 4 is 10.0 Å². The Morgan fingerprint density at radius 2 is 2.00 bits per heavy atom. The van der Waals surface area contributed by atoms with Gasteiger partial charge < -0.3 is 0 Å². The summed E-state index contributed by atoms with van der Waals surface area (Å²) in [6.07, 6.45) is 2.36. The zero-order valence-electron chi connectivity index (χ0n) is 8.03. The fourth-order valence-electron chi connectivity index (χ4n) is 1.27. The molecule has 5 nitrogen and oxygen atoms in total. The molecule has 1 aromatic carbocycles. The normalized spacial score (nSPS) is 11.5. The number of hydrogen-bond acceptors (Lipinski definition) is 4. The van der Waals surface area contributed by atoms with E-state index in [0.29, 0.717) is 5.56 Å². The minimum Gasteiger partial charge on any atom is -0.222 e. The number of nitrogens with zero attached hydrogens (tertiary/aromatic N) is 3. The number of aromatic nitrogens is 3. The number of rotatable bonds is 2. The lowest BCUT2D eigenvalue weighted by Gasteiger charge is -2.05. The van der Waals surface area contributed by atoms with E-state index in [1.54, 1.807) is 31.2 Å². The van der Waals surface area contributed by atoms with Crippen molar-refractivity contribution in [2.45, 2.75) is 11.8 Å². The lowest BCUT2D eigenvalue weighted by atomic mass is 10.2. The Kier molecular flexibility index (Phi) is 2.28. The topological polar surface area (TPSA) is 64.8 Å². The van der Waals surface area contributed by atoms with E-state index >= 15 is 0 Å². The largest absolute Gasteiger partial charge is 0.284 e. The van der Waals surface area contributed by atoms with E-state index < -0.39 is 10.0 Å². The van der Waals surface area contributed by atoms with Crippen LogP contribution in [0, 0.1) is 6.92 Å². The molecule has 78 valence electrons. The standard InChI is InChI=1S/C9H9N3O2S/c1-8-4-2-3-5-9(8)15(13,14)12-7-10-6-11-12/h2-7H,1H3. The predicted molar refractivity (Wildman–Crippen MR) is 53.8 cm³/mol. The molecule has 0 saturated heterocycles. The van der Waals surface area contributed by atoms with Crippen molar-refractivity contribution in [3.05, 3.63) is 42.5 Å². The van der Waals surface area contributed by atoms with Gasteiger partial charge >= 0.3 is 0 Å². The van der Waals surface area contributed by atoms with Gasteiger partial charge in [-0.2, -0.15) is 8.42 Å². The quantitative estimate of drug-likeness (QED) is 0.756. The van der Waals surface area contributed by atoms with Gasteiger partial charge in [-0.15, -0.1) is 9.19 Å². The molecule has 1 aromatic heterocycles. The van der Waals surface area contributed by atoms with Crippen LogP contribution >= 0.6 is 0 Å². The van der Waals surface area contributed by atoms with Crippen LogP contribution in [0.1, 0.15) is 5.56 Å². The Balaban J connectivity index is 2.62. The Bertz CT molecular complexity index is 561. The lowest BCUT2D eigenvalue weighted by Crippen LogP contribution is -2.14. The average molecular weight is 223 g/mol. The maximum atomic E-state index is 12.0. The molecule has 0 unspecified atom stereocenters. The van der Waals surface area contributed by atoms with Crippen LogP contribution in [-0.2, 0) is 10.0 Å². The molecule has 0 saturated carbocycles. The third-order valence-corrected chi connectivity index (χ3v) is 3.71. The summed E-state index contributed by atoms with van der Waals surface area (Å²) in [5, 5.41) is 3.62. The van der Waals surface area contributed by atoms with Crippen LogP contribution in [0.3, 0.4) is 0 Å². The summed E-state index contributed by atoms with van der Waals surface area (Å²) >= 11 is 0. The van der Waals surface area contributed by atoms with Crippen molar-refractivity contribution in [3.63, 3.8) is 0 Å². The van der Waals surface area contributed by atoms with Gasteiger partial charge in [0, 0.05) is 0 Å². The van der Waals surface area contributed by atoms with E-state index in [4.69, 9.17) is 0 Å². The zero-order chi connectivity index (χ0) is 10.9. The van der Waals surface area contributed by atoms with E-state index in [1.807, 2.05) is 0 Å². The fourth-order valence-corrected chi connectivity index (χ4v) is 2.54. The van der Waals surface area contributed by atoms with E-state index in [9.17, 15) is 8.42 Å². The highest BCUT2D eigenvalue weighted by molar-refractivity contribution is 7.89. The van der Waals surface area contributed by atoms with E-state index in [-0.39, 0.29) is 4.90 Å². The summed E-state index contributed by atoms with van der Waals surface area (Å²) in [6.45, 7) is 1.74. The molecule has 0 aliphatic rings. The zero-order valence-corrected chi connectivity index (χ0v) is 8.85. The molecule has 0 fully saturated rings. The number of benzene rings is 1. The molecule has 0 N–H and O–H groups in total. The monoisotopic (exact) mass is 223 g/mol. The summed E-state index contributed by atoms with van der Waals surface area (Å²) < 4.78 is 24.8. The van der Waals surface area contributed by atoms with Crippen LogP contribution < -0.4 is 0 Å². The van der Waals surface area contributed by atoms with Crippen LogP contribution in [-0.4, -0.2) is 22.6 Å². The molecule has 0 aliphatic carbocycles. The van der Waals surface area contributed by atoms with Gasteiger partial charge in [0.2, 0.25) is 0 Å². The molecule has 1 heterocycles. The van der Waals surface area contributed by atoms with Crippen molar-refractivity contribution in [1.29, 1.82) is 0 Å². The Hall–Kier alpha value is -1.69. The van der Waals surface area contributed by atoms with Gasteiger partial charge in [0.1, 0.15) is 12.7 Å². The summed E-state index contributed by atoms with van der Waals surface area (Å²) in [4.78, 5) is 3.86. The second-order valence-electron chi connectivity index (χ2n) is 3.04. The number of aryl methyl sites for hydroxylation is 1.